The SMILES string of the molecule is C=C(C)C(=C)CC1(CC)CCCCC1. The molecule has 1 saturated carbocycles. The molecule has 1 aliphatic rings. The largest absolute Gasteiger partial charge is 0.0959 e. The molecule has 0 aliphatic heterocycles. The Hall–Kier alpha value is -0.520. The van der Waals surface area contributed by atoms with Crippen LogP contribution in [0.25, 0.3) is 0 Å². The highest BCUT2D eigenvalue weighted by atomic mass is 14.3. The van der Waals surface area contributed by atoms with Gasteiger partial charge in [0.15, 0.2) is 0 Å². The zero-order valence-electron chi connectivity index (χ0n) is 9.86. The van der Waals surface area contributed by atoms with E-state index in [1.165, 1.54) is 56.1 Å². The lowest BCUT2D eigenvalue weighted by atomic mass is 9.68. The second-order valence-corrected chi connectivity index (χ2v) is 4.97. The first kappa shape index (κ1) is 11.6. The van der Waals surface area contributed by atoms with Crippen LogP contribution >= 0.6 is 0 Å². The van der Waals surface area contributed by atoms with E-state index in [0.29, 0.717) is 5.41 Å². The Balaban J connectivity index is 2.60. The van der Waals surface area contributed by atoms with Gasteiger partial charge in [-0.15, -0.1) is 0 Å². The standard InChI is InChI=1S/C14H24/c1-5-14(9-7-6-8-10-14)11-13(4)12(2)3/h2,4-11H2,1,3H3. The Morgan fingerprint density at radius 2 is 1.71 bits per heavy atom. The summed E-state index contributed by atoms with van der Waals surface area (Å²) in [6.07, 6.45) is 9.54. The molecule has 0 amide bonds. The van der Waals surface area contributed by atoms with Crippen LogP contribution in [0.15, 0.2) is 24.3 Å². The fraction of sp³-hybridized carbons (Fsp3) is 0.714. The molecular formula is C14H24. The summed E-state index contributed by atoms with van der Waals surface area (Å²) in [4.78, 5) is 0. The van der Waals surface area contributed by atoms with Gasteiger partial charge in [0, 0.05) is 0 Å². The van der Waals surface area contributed by atoms with Crippen LogP contribution in [0.1, 0.15) is 58.8 Å². The van der Waals surface area contributed by atoms with Gasteiger partial charge >= 0.3 is 0 Å². The average Bonchev–Trinajstić information content (AvgIpc) is 2.19. The summed E-state index contributed by atoms with van der Waals surface area (Å²) in [5, 5.41) is 0. The summed E-state index contributed by atoms with van der Waals surface area (Å²) >= 11 is 0. The smallest absolute Gasteiger partial charge is 0.0226 e. The van der Waals surface area contributed by atoms with E-state index in [2.05, 4.69) is 27.0 Å². The summed E-state index contributed by atoms with van der Waals surface area (Å²) in [7, 11) is 0. The minimum Gasteiger partial charge on any atom is -0.0959 e. The molecule has 0 bridgehead atoms. The van der Waals surface area contributed by atoms with Crippen molar-refractivity contribution in [1.82, 2.24) is 0 Å². The molecule has 0 heterocycles. The maximum atomic E-state index is 4.14. The topological polar surface area (TPSA) is 0 Å². The highest BCUT2D eigenvalue weighted by Gasteiger charge is 2.30. The average molecular weight is 192 g/mol. The van der Waals surface area contributed by atoms with Crippen molar-refractivity contribution in [3.63, 3.8) is 0 Å². The summed E-state index contributed by atoms with van der Waals surface area (Å²) in [5.41, 5.74) is 3.01. The molecule has 1 rings (SSSR count). The maximum absolute atomic E-state index is 4.14. The third-order valence-corrected chi connectivity index (χ3v) is 3.86. The molecular weight excluding hydrogens is 168 g/mol. The fourth-order valence-corrected chi connectivity index (χ4v) is 2.56. The normalized spacial score (nSPS) is 20.4. The van der Waals surface area contributed by atoms with Crippen molar-refractivity contribution in [2.45, 2.75) is 58.8 Å². The molecule has 0 nitrogen and oxygen atoms in total. The monoisotopic (exact) mass is 192 g/mol. The molecule has 0 heteroatoms. The van der Waals surface area contributed by atoms with Crippen molar-refractivity contribution in [3.8, 4) is 0 Å². The first-order valence-electron chi connectivity index (χ1n) is 5.93. The minimum atomic E-state index is 0.564. The van der Waals surface area contributed by atoms with Crippen LogP contribution in [0.4, 0.5) is 0 Å². The van der Waals surface area contributed by atoms with Gasteiger partial charge in [-0.25, -0.2) is 0 Å². The lowest BCUT2D eigenvalue weighted by Crippen LogP contribution is -2.23. The molecule has 0 aromatic carbocycles. The Morgan fingerprint density at radius 3 is 2.14 bits per heavy atom. The zero-order chi connectivity index (χ0) is 10.6. The molecule has 0 unspecified atom stereocenters. The third kappa shape index (κ3) is 2.73. The Bertz CT molecular complexity index is 216. The van der Waals surface area contributed by atoms with Crippen molar-refractivity contribution in [1.29, 1.82) is 0 Å². The quantitative estimate of drug-likeness (QED) is 0.557. The van der Waals surface area contributed by atoms with Gasteiger partial charge < -0.3 is 0 Å². The third-order valence-electron chi connectivity index (χ3n) is 3.86. The molecule has 80 valence electrons. The lowest BCUT2D eigenvalue weighted by molar-refractivity contribution is 0.180. The highest BCUT2D eigenvalue weighted by molar-refractivity contribution is 5.24. The number of rotatable bonds is 4. The second kappa shape index (κ2) is 4.82. The molecule has 1 aliphatic carbocycles. The molecule has 0 atom stereocenters. The maximum Gasteiger partial charge on any atom is -0.0226 e. The molecule has 14 heavy (non-hydrogen) atoms. The highest BCUT2D eigenvalue weighted by Crippen LogP contribution is 2.44. The van der Waals surface area contributed by atoms with Gasteiger partial charge in [0.2, 0.25) is 0 Å². The summed E-state index contributed by atoms with van der Waals surface area (Å²) in [6.45, 7) is 12.5. The lowest BCUT2D eigenvalue weighted by Gasteiger charge is -2.37. The Labute approximate surface area is 89.1 Å². The first-order chi connectivity index (χ1) is 6.59. The van der Waals surface area contributed by atoms with E-state index >= 15 is 0 Å². The second-order valence-electron chi connectivity index (χ2n) is 4.97. The zero-order valence-corrected chi connectivity index (χ0v) is 9.86. The molecule has 0 saturated heterocycles. The molecule has 0 N–H and O–H groups in total. The number of allylic oxidation sites excluding steroid dienone is 2. The van der Waals surface area contributed by atoms with Gasteiger partial charge in [0.05, 0.1) is 0 Å². The van der Waals surface area contributed by atoms with Crippen molar-refractivity contribution < 1.29 is 0 Å². The van der Waals surface area contributed by atoms with Gasteiger partial charge in [-0.3, -0.25) is 0 Å². The summed E-state index contributed by atoms with van der Waals surface area (Å²) < 4.78 is 0. The molecule has 0 radical (unpaired) electrons. The van der Waals surface area contributed by atoms with Gasteiger partial charge in [-0.1, -0.05) is 56.9 Å². The number of hydrogen-bond acceptors (Lipinski definition) is 0. The minimum absolute atomic E-state index is 0.564. The van der Waals surface area contributed by atoms with Gasteiger partial charge in [0.1, 0.15) is 0 Å². The molecule has 0 aromatic heterocycles. The van der Waals surface area contributed by atoms with Crippen LogP contribution in [0.5, 0.6) is 0 Å². The van der Waals surface area contributed by atoms with Gasteiger partial charge in [-0.05, 0) is 31.6 Å². The van der Waals surface area contributed by atoms with E-state index in [4.69, 9.17) is 0 Å². The van der Waals surface area contributed by atoms with E-state index in [-0.39, 0.29) is 0 Å². The van der Waals surface area contributed by atoms with Crippen molar-refractivity contribution in [2.75, 3.05) is 0 Å². The van der Waals surface area contributed by atoms with E-state index in [0.717, 1.165) is 0 Å². The Morgan fingerprint density at radius 1 is 1.14 bits per heavy atom. The summed E-state index contributed by atoms with van der Waals surface area (Å²) in [5.74, 6) is 0. The van der Waals surface area contributed by atoms with Crippen LogP contribution in [-0.2, 0) is 0 Å². The molecule has 1 fully saturated rings. The molecule has 0 spiro atoms. The van der Waals surface area contributed by atoms with E-state index in [9.17, 15) is 0 Å². The fourth-order valence-electron chi connectivity index (χ4n) is 2.56. The van der Waals surface area contributed by atoms with E-state index in [1.54, 1.807) is 0 Å². The Kier molecular flexibility index (Phi) is 3.97. The predicted octanol–water partition coefficient (Wildman–Crippen LogP) is 4.87. The van der Waals surface area contributed by atoms with Crippen LogP contribution in [-0.4, -0.2) is 0 Å². The van der Waals surface area contributed by atoms with E-state index in [1.807, 2.05) is 0 Å². The predicted molar refractivity (Wildman–Crippen MR) is 64.4 cm³/mol. The van der Waals surface area contributed by atoms with Crippen LogP contribution < -0.4 is 0 Å². The number of hydrogen-bond donors (Lipinski definition) is 0. The van der Waals surface area contributed by atoms with Gasteiger partial charge in [0.25, 0.3) is 0 Å². The molecule has 0 aromatic rings. The summed E-state index contributed by atoms with van der Waals surface area (Å²) in [6, 6.07) is 0. The van der Waals surface area contributed by atoms with Crippen molar-refractivity contribution in [3.05, 3.63) is 24.3 Å². The van der Waals surface area contributed by atoms with E-state index < -0.39 is 0 Å². The van der Waals surface area contributed by atoms with Crippen molar-refractivity contribution >= 4 is 0 Å². The van der Waals surface area contributed by atoms with Crippen LogP contribution in [0.3, 0.4) is 0 Å². The van der Waals surface area contributed by atoms with Crippen LogP contribution in [0.2, 0.25) is 0 Å². The van der Waals surface area contributed by atoms with Crippen LogP contribution in [0, 0.1) is 5.41 Å². The first-order valence-corrected chi connectivity index (χ1v) is 5.93. The van der Waals surface area contributed by atoms with Crippen molar-refractivity contribution in [2.24, 2.45) is 5.41 Å². The van der Waals surface area contributed by atoms with Gasteiger partial charge in [-0.2, -0.15) is 0 Å².